The van der Waals surface area contributed by atoms with Gasteiger partial charge in [-0.2, -0.15) is 0 Å². The van der Waals surface area contributed by atoms with E-state index in [4.69, 9.17) is 4.74 Å². The van der Waals surface area contributed by atoms with Crippen LogP contribution in [0.25, 0.3) is 0 Å². The van der Waals surface area contributed by atoms with E-state index >= 15 is 0 Å². The number of hydrogen-bond acceptors (Lipinski definition) is 3. The molecule has 16 heavy (non-hydrogen) atoms. The molecule has 1 N–H and O–H groups in total. The van der Waals surface area contributed by atoms with Gasteiger partial charge < -0.3 is 10.1 Å². The molecule has 2 aliphatic rings. The summed E-state index contributed by atoms with van der Waals surface area (Å²) >= 11 is 1.94. The molecule has 1 aromatic rings. The first-order valence-electron chi connectivity index (χ1n) is 6.04. The minimum Gasteiger partial charge on any atom is -0.492 e. The van der Waals surface area contributed by atoms with E-state index in [-0.39, 0.29) is 0 Å². The second-order valence-electron chi connectivity index (χ2n) is 4.44. The van der Waals surface area contributed by atoms with E-state index in [1.807, 2.05) is 11.8 Å². The van der Waals surface area contributed by atoms with Crippen LogP contribution in [0, 0.1) is 0 Å². The molecule has 2 nitrogen and oxygen atoms in total. The van der Waals surface area contributed by atoms with Gasteiger partial charge in [-0.3, -0.25) is 0 Å². The van der Waals surface area contributed by atoms with Crippen molar-refractivity contribution in [2.75, 3.05) is 18.9 Å². The Labute approximate surface area is 101 Å². The average Bonchev–Trinajstić information content (AvgIpc) is 2.97. The van der Waals surface area contributed by atoms with Crippen LogP contribution in [0.1, 0.15) is 18.4 Å². The molecule has 1 fully saturated rings. The summed E-state index contributed by atoms with van der Waals surface area (Å²) in [6, 6.07) is 6.98. The van der Waals surface area contributed by atoms with Gasteiger partial charge in [-0.15, -0.1) is 11.8 Å². The van der Waals surface area contributed by atoms with Crippen molar-refractivity contribution in [2.24, 2.45) is 0 Å². The van der Waals surface area contributed by atoms with E-state index in [9.17, 15) is 0 Å². The third-order valence-electron chi connectivity index (χ3n) is 3.30. The van der Waals surface area contributed by atoms with Gasteiger partial charge in [-0.25, -0.2) is 0 Å². The van der Waals surface area contributed by atoms with Gasteiger partial charge in [0.2, 0.25) is 0 Å². The van der Waals surface area contributed by atoms with Crippen molar-refractivity contribution in [3.8, 4) is 5.75 Å². The molecule has 0 radical (unpaired) electrons. The second-order valence-corrected chi connectivity index (χ2v) is 5.57. The largest absolute Gasteiger partial charge is 0.492 e. The van der Waals surface area contributed by atoms with Crippen LogP contribution in [0.15, 0.2) is 23.1 Å². The number of hydrogen-bond donors (Lipinski definition) is 1. The van der Waals surface area contributed by atoms with Crippen molar-refractivity contribution in [3.63, 3.8) is 0 Å². The average molecular weight is 235 g/mol. The SMILES string of the molecule is c1cc(OCC2CCCN2)c2c(c1)SCC2. The molecular formula is C13H17NOS. The molecular weight excluding hydrogens is 218 g/mol. The predicted octanol–water partition coefficient (Wildman–Crippen LogP) is 2.47. The van der Waals surface area contributed by atoms with Crippen molar-refractivity contribution in [1.29, 1.82) is 0 Å². The highest BCUT2D eigenvalue weighted by molar-refractivity contribution is 7.99. The lowest BCUT2D eigenvalue weighted by Gasteiger charge is -2.14. The minimum atomic E-state index is 0.560. The van der Waals surface area contributed by atoms with Gasteiger partial charge >= 0.3 is 0 Å². The Morgan fingerprint density at radius 1 is 1.44 bits per heavy atom. The van der Waals surface area contributed by atoms with Gasteiger partial charge in [0.25, 0.3) is 0 Å². The Bertz CT molecular complexity index is 374. The van der Waals surface area contributed by atoms with Crippen LogP contribution in [0.2, 0.25) is 0 Å². The molecule has 1 aromatic carbocycles. The topological polar surface area (TPSA) is 21.3 Å². The van der Waals surface area contributed by atoms with Gasteiger partial charge in [-0.05, 0) is 37.9 Å². The molecule has 86 valence electrons. The molecule has 1 unspecified atom stereocenters. The quantitative estimate of drug-likeness (QED) is 0.869. The van der Waals surface area contributed by atoms with Crippen LogP contribution in [0.4, 0.5) is 0 Å². The van der Waals surface area contributed by atoms with Gasteiger partial charge in [-0.1, -0.05) is 6.07 Å². The standard InChI is InChI=1S/C13H17NOS/c1-4-12(11-6-8-16-13(11)5-1)15-9-10-3-2-7-14-10/h1,4-5,10,14H,2-3,6-9H2. The maximum Gasteiger partial charge on any atom is 0.123 e. The lowest BCUT2D eigenvalue weighted by atomic mass is 10.1. The number of fused-ring (bicyclic) bond motifs is 1. The van der Waals surface area contributed by atoms with E-state index in [1.54, 1.807) is 0 Å². The first-order valence-corrected chi connectivity index (χ1v) is 7.03. The van der Waals surface area contributed by atoms with E-state index in [0.717, 1.165) is 25.3 Å². The Morgan fingerprint density at radius 2 is 2.44 bits per heavy atom. The molecule has 2 heterocycles. The van der Waals surface area contributed by atoms with Crippen LogP contribution in [0.5, 0.6) is 5.75 Å². The van der Waals surface area contributed by atoms with Crippen LogP contribution >= 0.6 is 11.8 Å². The fraction of sp³-hybridized carbons (Fsp3) is 0.538. The highest BCUT2D eigenvalue weighted by Gasteiger charge is 2.18. The zero-order chi connectivity index (χ0) is 10.8. The summed E-state index contributed by atoms with van der Waals surface area (Å²) in [6.45, 7) is 1.97. The highest BCUT2D eigenvalue weighted by atomic mass is 32.2. The molecule has 3 rings (SSSR count). The summed E-state index contributed by atoms with van der Waals surface area (Å²) in [5.74, 6) is 2.31. The van der Waals surface area contributed by atoms with E-state index < -0.39 is 0 Å². The summed E-state index contributed by atoms with van der Waals surface area (Å²) in [5, 5.41) is 3.46. The summed E-state index contributed by atoms with van der Waals surface area (Å²) < 4.78 is 5.96. The minimum absolute atomic E-state index is 0.560. The maximum absolute atomic E-state index is 5.96. The van der Waals surface area contributed by atoms with Gasteiger partial charge in [0.05, 0.1) is 0 Å². The van der Waals surface area contributed by atoms with Gasteiger partial charge in [0.15, 0.2) is 0 Å². The molecule has 0 saturated carbocycles. The molecule has 3 heteroatoms. The molecule has 0 amide bonds. The van der Waals surface area contributed by atoms with E-state index in [2.05, 4.69) is 23.5 Å². The fourth-order valence-corrected chi connectivity index (χ4v) is 3.49. The monoisotopic (exact) mass is 235 g/mol. The lowest BCUT2D eigenvalue weighted by molar-refractivity contribution is 0.274. The molecule has 2 aliphatic heterocycles. The molecule has 0 bridgehead atoms. The zero-order valence-corrected chi connectivity index (χ0v) is 10.2. The van der Waals surface area contributed by atoms with Crippen molar-refractivity contribution in [3.05, 3.63) is 23.8 Å². The highest BCUT2D eigenvalue weighted by Crippen LogP contribution is 2.37. The summed E-state index contributed by atoms with van der Waals surface area (Å²) in [4.78, 5) is 1.41. The molecule has 0 aliphatic carbocycles. The van der Waals surface area contributed by atoms with E-state index in [0.29, 0.717) is 6.04 Å². The van der Waals surface area contributed by atoms with Crippen molar-refractivity contribution >= 4 is 11.8 Å². The normalized spacial score (nSPS) is 23.4. The third-order valence-corrected chi connectivity index (χ3v) is 4.40. The number of thioether (sulfide) groups is 1. The zero-order valence-electron chi connectivity index (χ0n) is 9.37. The summed E-state index contributed by atoms with van der Waals surface area (Å²) in [5.41, 5.74) is 1.42. The number of benzene rings is 1. The van der Waals surface area contributed by atoms with Gasteiger partial charge in [0, 0.05) is 22.3 Å². The Kier molecular flexibility index (Phi) is 3.06. The van der Waals surface area contributed by atoms with Crippen molar-refractivity contribution in [1.82, 2.24) is 5.32 Å². The number of rotatable bonds is 3. The Hall–Kier alpha value is -0.670. The summed E-state index contributed by atoms with van der Waals surface area (Å²) in [6.07, 6.45) is 3.70. The molecule has 1 atom stereocenters. The lowest BCUT2D eigenvalue weighted by Crippen LogP contribution is -2.28. The van der Waals surface area contributed by atoms with Crippen LogP contribution in [0.3, 0.4) is 0 Å². The fourth-order valence-electron chi connectivity index (χ4n) is 2.41. The third kappa shape index (κ3) is 2.06. The van der Waals surface area contributed by atoms with Crippen LogP contribution < -0.4 is 10.1 Å². The first kappa shape index (κ1) is 10.5. The van der Waals surface area contributed by atoms with Crippen molar-refractivity contribution < 1.29 is 4.74 Å². The number of ether oxygens (including phenoxy) is 1. The second kappa shape index (κ2) is 4.68. The summed E-state index contributed by atoms with van der Waals surface area (Å²) in [7, 11) is 0. The maximum atomic E-state index is 5.96. The van der Waals surface area contributed by atoms with E-state index in [1.165, 1.54) is 29.1 Å². The van der Waals surface area contributed by atoms with Crippen molar-refractivity contribution in [2.45, 2.75) is 30.2 Å². The first-order chi connectivity index (χ1) is 7.93. The Morgan fingerprint density at radius 3 is 3.31 bits per heavy atom. The predicted molar refractivity (Wildman–Crippen MR) is 67.4 cm³/mol. The van der Waals surface area contributed by atoms with Gasteiger partial charge in [0.1, 0.15) is 12.4 Å². The van der Waals surface area contributed by atoms with Crippen LogP contribution in [-0.4, -0.2) is 24.9 Å². The molecule has 0 aromatic heterocycles. The Balaban J connectivity index is 1.67. The smallest absolute Gasteiger partial charge is 0.123 e. The number of nitrogens with one attached hydrogen (secondary N) is 1. The van der Waals surface area contributed by atoms with Crippen LogP contribution in [-0.2, 0) is 6.42 Å². The molecule has 1 saturated heterocycles. The molecule has 0 spiro atoms.